The summed E-state index contributed by atoms with van der Waals surface area (Å²) in [5.74, 6) is -3.90. The lowest BCUT2D eigenvalue weighted by atomic mass is 10.0. The second-order valence-electron chi connectivity index (χ2n) is 14.5. The quantitative estimate of drug-likeness (QED) is 0.0293. The van der Waals surface area contributed by atoms with Gasteiger partial charge in [-0.05, 0) is 73.0 Å². The summed E-state index contributed by atoms with van der Waals surface area (Å²) in [4.78, 5) is 60.0. The number of rotatable bonds is 24. The number of carbonyl (C=O) groups excluding carboxylic acids is 2. The lowest BCUT2D eigenvalue weighted by Crippen LogP contribution is -2.32. The van der Waals surface area contributed by atoms with Gasteiger partial charge in [0.1, 0.15) is 18.1 Å². The minimum Gasteiger partial charge on any atom is -0.508 e. The van der Waals surface area contributed by atoms with Crippen molar-refractivity contribution in [1.29, 1.82) is 0 Å². The van der Waals surface area contributed by atoms with Crippen LogP contribution < -0.4 is 10.4 Å². The van der Waals surface area contributed by atoms with E-state index in [1.165, 1.54) is 113 Å². The predicted octanol–water partition coefficient (Wildman–Crippen LogP) is 9.81. The molecule has 14 nitrogen and oxygen atoms in total. The van der Waals surface area contributed by atoms with Gasteiger partial charge < -0.3 is 39.1 Å². The second-order valence-corrected chi connectivity index (χ2v) is 14.5. The molecule has 14 heteroatoms. The number of esters is 2. The predicted molar refractivity (Wildman–Crippen MR) is 237 cm³/mol. The van der Waals surface area contributed by atoms with E-state index in [9.17, 15) is 29.4 Å². The standard InChI is InChI=1S/C25H39NO3.C21H18O8.C2H4O2/c1-3-4-5-6-7-8-9-10-11-12-13-14-15-16-19-28-25-26-23-18-17-21(2)20-22(23)24(27)29-25;22-16-7-1-14(2-8-16)5-11-19(24)28-13-18(21(26)27)29-20(25)12-6-15-3-9-17(23)10-4-15;1-2(3)4/h17-18,20H,3-16,19H2,1-2H3;1-12,18,22-23H,13H2,(H,26,27);1H3,(H,3,4)/b;11-5+,12-6+;/t;18-;/m.1./s1. The molecule has 0 aliphatic carbocycles. The van der Waals surface area contributed by atoms with Crippen LogP contribution in [-0.2, 0) is 28.7 Å². The van der Waals surface area contributed by atoms with Crippen LogP contribution in [0.15, 0.2) is 88.1 Å². The van der Waals surface area contributed by atoms with E-state index in [1.54, 1.807) is 30.3 Å². The van der Waals surface area contributed by atoms with E-state index < -0.39 is 36.6 Å². The Morgan fingerprint density at radius 2 is 1.16 bits per heavy atom. The van der Waals surface area contributed by atoms with Gasteiger partial charge in [0, 0.05) is 19.1 Å². The molecule has 0 fully saturated rings. The molecule has 0 spiro atoms. The maximum absolute atomic E-state index is 12.0. The molecule has 4 N–H and O–H groups in total. The molecule has 1 aromatic heterocycles. The molecule has 0 radical (unpaired) electrons. The van der Waals surface area contributed by atoms with Gasteiger partial charge in [-0.25, -0.2) is 19.2 Å². The highest BCUT2D eigenvalue weighted by Crippen LogP contribution is 2.17. The Kier molecular flexibility index (Phi) is 25.5. The number of phenolic OH excluding ortho intramolecular Hbond substituents is 2. The molecule has 62 heavy (non-hydrogen) atoms. The normalized spacial score (nSPS) is 11.3. The number of phenols is 2. The lowest BCUT2D eigenvalue weighted by Gasteiger charge is -2.12. The van der Waals surface area contributed by atoms with E-state index in [2.05, 4.69) is 11.9 Å². The van der Waals surface area contributed by atoms with Gasteiger partial charge in [0.2, 0.25) is 6.10 Å². The van der Waals surface area contributed by atoms with E-state index in [0.29, 0.717) is 28.6 Å². The van der Waals surface area contributed by atoms with Crippen molar-refractivity contribution in [3.8, 4) is 17.6 Å². The fraction of sp³-hybridized carbons (Fsp3) is 0.417. The van der Waals surface area contributed by atoms with Gasteiger partial charge in [0.15, 0.2) is 0 Å². The SMILES string of the molecule is CC(=O)O.CCCCCCCCCCCCCCCCOc1nc2ccc(C)cc2c(=O)o1.O=C(/C=C/c1ccc(O)cc1)OC[C@@H](OC(=O)/C=C/c1ccc(O)cc1)C(=O)O. The van der Waals surface area contributed by atoms with Crippen molar-refractivity contribution in [3.05, 3.63) is 106 Å². The summed E-state index contributed by atoms with van der Waals surface area (Å²) >= 11 is 0. The van der Waals surface area contributed by atoms with E-state index in [0.717, 1.165) is 37.5 Å². The molecular formula is C48H61NO13. The zero-order valence-electron chi connectivity index (χ0n) is 36.0. The molecule has 0 aliphatic rings. The minimum absolute atomic E-state index is 0.0666. The van der Waals surface area contributed by atoms with Crippen molar-refractivity contribution in [1.82, 2.24) is 4.98 Å². The number of fused-ring (bicyclic) bond motifs is 1. The molecule has 4 aromatic rings. The molecule has 1 heterocycles. The summed E-state index contributed by atoms with van der Waals surface area (Å²) in [6.45, 7) is 5.19. The molecule has 1 atom stereocenters. The number of aliphatic carboxylic acids is 2. The van der Waals surface area contributed by atoms with Crippen molar-refractivity contribution in [2.45, 2.75) is 117 Å². The smallest absolute Gasteiger partial charge is 0.397 e. The summed E-state index contributed by atoms with van der Waals surface area (Å²) in [6.07, 6.45) is 21.9. The molecule has 0 amide bonds. The summed E-state index contributed by atoms with van der Waals surface area (Å²) in [5.41, 5.74) is 2.48. The Morgan fingerprint density at radius 1 is 0.694 bits per heavy atom. The summed E-state index contributed by atoms with van der Waals surface area (Å²) in [5, 5.41) is 35.4. The first-order valence-electron chi connectivity index (χ1n) is 21.1. The number of aromatic nitrogens is 1. The Balaban J connectivity index is 0.000000393. The van der Waals surface area contributed by atoms with Gasteiger partial charge in [0.05, 0.1) is 17.5 Å². The van der Waals surface area contributed by atoms with Crippen LogP contribution in [0.4, 0.5) is 0 Å². The molecule has 3 aromatic carbocycles. The summed E-state index contributed by atoms with van der Waals surface area (Å²) in [7, 11) is 0. The van der Waals surface area contributed by atoms with Crippen molar-refractivity contribution >= 4 is 46.9 Å². The average molecular weight is 860 g/mol. The number of hydrogen-bond acceptors (Lipinski definition) is 12. The van der Waals surface area contributed by atoms with Crippen molar-refractivity contribution < 1.29 is 58.2 Å². The van der Waals surface area contributed by atoms with Gasteiger partial charge in [-0.3, -0.25) is 4.79 Å². The topological polar surface area (TPSA) is 220 Å². The zero-order chi connectivity index (χ0) is 45.5. The molecular weight excluding hydrogens is 799 g/mol. The number of unbranched alkanes of at least 4 members (excludes halogenated alkanes) is 13. The van der Waals surface area contributed by atoms with Crippen molar-refractivity contribution in [2.75, 3.05) is 13.2 Å². The number of carboxylic acids is 2. The van der Waals surface area contributed by atoms with Crippen LogP contribution in [0.25, 0.3) is 23.1 Å². The summed E-state index contributed by atoms with van der Waals surface area (Å²) in [6, 6.07) is 17.5. The summed E-state index contributed by atoms with van der Waals surface area (Å²) < 4.78 is 20.3. The molecule has 0 saturated heterocycles. The van der Waals surface area contributed by atoms with Crippen molar-refractivity contribution in [2.24, 2.45) is 0 Å². The van der Waals surface area contributed by atoms with Gasteiger partial charge in [0.25, 0.3) is 5.97 Å². The van der Waals surface area contributed by atoms with Crippen LogP contribution in [0.1, 0.15) is 120 Å². The second kappa shape index (κ2) is 30.6. The number of aromatic hydroxyl groups is 2. The van der Waals surface area contributed by atoms with Crippen LogP contribution in [0.5, 0.6) is 17.6 Å². The van der Waals surface area contributed by atoms with Crippen LogP contribution in [-0.4, -0.2) is 68.6 Å². The lowest BCUT2D eigenvalue weighted by molar-refractivity contribution is -0.167. The fourth-order valence-electron chi connectivity index (χ4n) is 5.72. The molecule has 0 saturated carbocycles. The zero-order valence-corrected chi connectivity index (χ0v) is 36.0. The van der Waals surface area contributed by atoms with Crippen molar-refractivity contribution in [3.63, 3.8) is 0 Å². The average Bonchev–Trinajstić information content (AvgIpc) is 3.23. The fourth-order valence-corrected chi connectivity index (χ4v) is 5.72. The van der Waals surface area contributed by atoms with E-state index in [-0.39, 0.29) is 23.2 Å². The first kappa shape index (κ1) is 51.7. The third-order valence-corrected chi connectivity index (χ3v) is 9.01. The highest BCUT2D eigenvalue weighted by Gasteiger charge is 2.23. The van der Waals surface area contributed by atoms with Gasteiger partial charge in [-0.2, -0.15) is 4.98 Å². The monoisotopic (exact) mass is 859 g/mol. The number of benzene rings is 3. The minimum atomic E-state index is -1.67. The van der Waals surface area contributed by atoms with E-state index >= 15 is 0 Å². The maximum atomic E-state index is 12.0. The Labute approximate surface area is 362 Å². The molecule has 336 valence electrons. The van der Waals surface area contributed by atoms with Crippen LogP contribution in [0.2, 0.25) is 0 Å². The number of hydrogen-bond donors (Lipinski definition) is 4. The van der Waals surface area contributed by atoms with E-state index in [1.807, 2.05) is 19.1 Å². The highest BCUT2D eigenvalue weighted by molar-refractivity contribution is 5.90. The maximum Gasteiger partial charge on any atom is 0.397 e. The largest absolute Gasteiger partial charge is 0.508 e. The van der Waals surface area contributed by atoms with Gasteiger partial charge in [-0.15, -0.1) is 0 Å². The van der Waals surface area contributed by atoms with Gasteiger partial charge >= 0.3 is 29.6 Å². The highest BCUT2D eigenvalue weighted by atomic mass is 16.6. The van der Waals surface area contributed by atoms with Gasteiger partial charge in [-0.1, -0.05) is 126 Å². The number of aryl methyl sites for hydroxylation is 1. The Morgan fingerprint density at radius 3 is 1.65 bits per heavy atom. The third-order valence-electron chi connectivity index (χ3n) is 9.01. The van der Waals surface area contributed by atoms with E-state index in [4.69, 9.17) is 33.6 Å². The number of nitrogens with zero attached hydrogens (tertiary/aromatic N) is 1. The van der Waals surface area contributed by atoms with Crippen LogP contribution >= 0.6 is 0 Å². The number of ether oxygens (including phenoxy) is 3. The molecule has 0 aliphatic heterocycles. The first-order chi connectivity index (χ1) is 29.8. The molecule has 4 rings (SSSR count). The Hall–Kier alpha value is -6.44. The number of carbonyl (C=O) groups is 4. The third kappa shape index (κ3) is 24.0. The molecule has 0 bridgehead atoms. The molecule has 0 unspecified atom stereocenters. The number of carboxylic acid groups (broad SMARTS) is 2. The van der Waals surface area contributed by atoms with Crippen LogP contribution in [0.3, 0.4) is 0 Å². The first-order valence-corrected chi connectivity index (χ1v) is 21.1. The van der Waals surface area contributed by atoms with Crippen LogP contribution in [0, 0.1) is 6.92 Å². The Bertz CT molecular complexity index is 2050.